The number of oxime groups is 1. The lowest BCUT2D eigenvalue weighted by atomic mass is 10.1. The number of aromatic nitrogens is 1. The van der Waals surface area contributed by atoms with Crippen LogP contribution >= 0.6 is 23.8 Å². The first kappa shape index (κ1) is 20.0. The number of rotatable bonds is 6. The molecule has 0 aliphatic rings. The Balaban J connectivity index is 2.18. The minimum absolute atomic E-state index is 0.377. The molecule has 2 rings (SSSR count). The molecule has 136 valence electrons. The number of ether oxygens (including phenoxy) is 1. The Morgan fingerprint density at radius 3 is 2.85 bits per heavy atom. The number of nitrogens with one attached hydrogen (secondary N) is 1. The van der Waals surface area contributed by atoms with Crippen molar-refractivity contribution in [3.05, 3.63) is 35.0 Å². The highest BCUT2D eigenvalue weighted by Crippen LogP contribution is 2.29. The van der Waals surface area contributed by atoms with Crippen LogP contribution in [-0.4, -0.2) is 34.9 Å². The Bertz CT molecular complexity index is 890. The predicted molar refractivity (Wildman–Crippen MR) is 110 cm³/mol. The van der Waals surface area contributed by atoms with Crippen LogP contribution in [0.4, 0.5) is 0 Å². The largest absolute Gasteiger partial charge is 0.484 e. The molecule has 1 N–H and O–H groups in total. The SMILES string of the molecule is C#Cc1cnc2c(Cl)cc(OC(C)C(=S)NC(C)(C)C=NOC)cc2c1. The second-order valence-corrected chi connectivity index (χ2v) is 7.08. The van der Waals surface area contributed by atoms with Crippen LogP contribution < -0.4 is 10.1 Å². The topological polar surface area (TPSA) is 55.7 Å². The summed E-state index contributed by atoms with van der Waals surface area (Å²) in [5, 5.41) is 8.25. The van der Waals surface area contributed by atoms with Crippen molar-refractivity contribution in [3.8, 4) is 18.1 Å². The highest BCUT2D eigenvalue weighted by Gasteiger charge is 2.21. The Labute approximate surface area is 163 Å². The predicted octanol–water partition coefficient (Wildman–Crippen LogP) is 3.96. The number of pyridine rings is 1. The van der Waals surface area contributed by atoms with E-state index in [9.17, 15) is 0 Å². The Morgan fingerprint density at radius 2 is 2.19 bits per heavy atom. The minimum atomic E-state index is -0.475. The molecular formula is C19H20ClN3O2S. The van der Waals surface area contributed by atoms with Crippen LogP contribution in [0.25, 0.3) is 10.9 Å². The molecule has 0 bridgehead atoms. The average Bonchev–Trinajstić information content (AvgIpc) is 2.59. The Kier molecular flexibility index (Phi) is 6.41. The first-order valence-electron chi connectivity index (χ1n) is 7.88. The van der Waals surface area contributed by atoms with Gasteiger partial charge in [-0.25, -0.2) is 0 Å². The molecule has 1 aromatic heterocycles. The molecule has 0 fully saturated rings. The van der Waals surface area contributed by atoms with Gasteiger partial charge in [-0.1, -0.05) is 34.9 Å². The summed E-state index contributed by atoms with van der Waals surface area (Å²) in [5.74, 6) is 3.14. The number of nitrogens with zero attached hydrogens (tertiary/aromatic N) is 2. The number of thiocarbonyl (C=S) groups is 1. The second kappa shape index (κ2) is 8.35. The van der Waals surface area contributed by atoms with E-state index < -0.39 is 5.54 Å². The Morgan fingerprint density at radius 1 is 1.46 bits per heavy atom. The van der Waals surface area contributed by atoms with Gasteiger partial charge in [-0.3, -0.25) is 4.98 Å². The van der Waals surface area contributed by atoms with Crippen molar-refractivity contribution in [2.24, 2.45) is 5.16 Å². The molecule has 5 nitrogen and oxygen atoms in total. The number of hydrogen-bond acceptors (Lipinski definition) is 5. The van der Waals surface area contributed by atoms with Crippen molar-refractivity contribution >= 4 is 45.9 Å². The van der Waals surface area contributed by atoms with Crippen LogP contribution in [0.3, 0.4) is 0 Å². The number of terminal acetylenes is 1. The smallest absolute Gasteiger partial charge is 0.146 e. The Hall–Kier alpha value is -2.36. The van der Waals surface area contributed by atoms with Crippen molar-refractivity contribution in [1.29, 1.82) is 0 Å². The van der Waals surface area contributed by atoms with Gasteiger partial charge in [-0.05, 0) is 32.9 Å². The van der Waals surface area contributed by atoms with Crippen molar-refractivity contribution in [2.45, 2.75) is 32.4 Å². The molecule has 0 aliphatic heterocycles. The summed E-state index contributed by atoms with van der Waals surface area (Å²) in [6.45, 7) is 5.70. The van der Waals surface area contributed by atoms with Gasteiger partial charge in [-0.2, -0.15) is 0 Å². The molecule has 1 heterocycles. The average molecular weight is 390 g/mol. The monoisotopic (exact) mass is 389 g/mol. The van der Waals surface area contributed by atoms with E-state index in [-0.39, 0.29) is 6.10 Å². The summed E-state index contributed by atoms with van der Waals surface area (Å²) >= 11 is 11.7. The van der Waals surface area contributed by atoms with Gasteiger partial charge in [0.25, 0.3) is 0 Å². The number of hydrogen-bond donors (Lipinski definition) is 1. The first-order valence-corrected chi connectivity index (χ1v) is 8.66. The highest BCUT2D eigenvalue weighted by molar-refractivity contribution is 7.80. The van der Waals surface area contributed by atoms with E-state index in [1.165, 1.54) is 7.11 Å². The van der Waals surface area contributed by atoms with Gasteiger partial charge in [0.1, 0.15) is 24.0 Å². The van der Waals surface area contributed by atoms with E-state index in [2.05, 4.69) is 21.4 Å². The molecule has 2 aromatic rings. The van der Waals surface area contributed by atoms with E-state index in [1.54, 1.807) is 18.5 Å². The molecule has 0 amide bonds. The van der Waals surface area contributed by atoms with E-state index in [1.807, 2.05) is 32.9 Å². The van der Waals surface area contributed by atoms with Gasteiger partial charge in [0.15, 0.2) is 0 Å². The van der Waals surface area contributed by atoms with Gasteiger partial charge < -0.3 is 14.9 Å². The van der Waals surface area contributed by atoms with Gasteiger partial charge in [0, 0.05) is 23.2 Å². The molecule has 1 unspecified atom stereocenters. The van der Waals surface area contributed by atoms with Crippen LogP contribution in [0.2, 0.25) is 5.02 Å². The third kappa shape index (κ3) is 5.07. The summed E-state index contributed by atoms with van der Waals surface area (Å²) in [6.07, 6.45) is 8.30. The first-order chi connectivity index (χ1) is 12.3. The molecule has 0 radical (unpaired) electrons. The van der Waals surface area contributed by atoms with Gasteiger partial charge in [0.05, 0.1) is 22.3 Å². The molecule has 26 heavy (non-hydrogen) atoms. The van der Waals surface area contributed by atoms with Crippen molar-refractivity contribution in [3.63, 3.8) is 0 Å². The maximum absolute atomic E-state index is 6.31. The van der Waals surface area contributed by atoms with E-state index in [0.29, 0.717) is 26.8 Å². The lowest BCUT2D eigenvalue weighted by molar-refractivity contribution is 0.212. The highest BCUT2D eigenvalue weighted by atomic mass is 35.5. The zero-order chi connectivity index (χ0) is 19.3. The van der Waals surface area contributed by atoms with Crippen molar-refractivity contribution in [1.82, 2.24) is 10.3 Å². The summed E-state index contributed by atoms with van der Waals surface area (Å²) in [7, 11) is 1.49. The summed E-state index contributed by atoms with van der Waals surface area (Å²) in [6, 6.07) is 5.39. The summed E-state index contributed by atoms with van der Waals surface area (Å²) < 4.78 is 5.95. The van der Waals surface area contributed by atoms with Crippen LogP contribution in [-0.2, 0) is 4.84 Å². The van der Waals surface area contributed by atoms with Crippen LogP contribution in [0.1, 0.15) is 26.3 Å². The van der Waals surface area contributed by atoms with Crippen molar-refractivity contribution < 1.29 is 9.57 Å². The zero-order valence-corrected chi connectivity index (χ0v) is 16.6. The molecule has 1 aromatic carbocycles. The van der Waals surface area contributed by atoms with Crippen LogP contribution in [0.5, 0.6) is 5.75 Å². The number of fused-ring (bicyclic) bond motifs is 1. The maximum Gasteiger partial charge on any atom is 0.146 e. The summed E-state index contributed by atoms with van der Waals surface area (Å²) in [4.78, 5) is 9.53. The number of benzene rings is 1. The number of halogens is 1. The van der Waals surface area contributed by atoms with Gasteiger partial charge >= 0.3 is 0 Å². The lowest BCUT2D eigenvalue weighted by Crippen LogP contribution is -2.48. The second-order valence-electron chi connectivity index (χ2n) is 6.23. The molecule has 0 saturated heterocycles. The summed E-state index contributed by atoms with van der Waals surface area (Å²) in [5.41, 5.74) is 0.871. The van der Waals surface area contributed by atoms with E-state index in [0.717, 1.165) is 5.39 Å². The zero-order valence-electron chi connectivity index (χ0n) is 15.0. The quantitative estimate of drug-likeness (QED) is 0.350. The van der Waals surface area contributed by atoms with Crippen LogP contribution in [0.15, 0.2) is 29.6 Å². The van der Waals surface area contributed by atoms with E-state index >= 15 is 0 Å². The van der Waals surface area contributed by atoms with E-state index in [4.69, 9.17) is 39.8 Å². The third-order valence-corrected chi connectivity index (χ3v) is 4.21. The fourth-order valence-corrected chi connectivity index (χ4v) is 2.80. The molecule has 1 atom stereocenters. The normalized spacial score (nSPS) is 12.6. The molecule has 0 aliphatic carbocycles. The molecule has 7 heteroatoms. The third-order valence-electron chi connectivity index (χ3n) is 3.49. The molecule has 0 saturated carbocycles. The van der Waals surface area contributed by atoms with Gasteiger partial charge in [0.2, 0.25) is 0 Å². The van der Waals surface area contributed by atoms with Gasteiger partial charge in [-0.15, -0.1) is 6.42 Å². The lowest BCUT2D eigenvalue weighted by Gasteiger charge is -2.26. The standard InChI is InChI=1S/C19H20ClN3O2S/c1-6-13-7-14-8-15(9-16(20)17(14)21-10-13)25-12(2)18(26)23-19(3,4)11-22-24-5/h1,7-12H,2-5H3,(H,23,26). The molecular weight excluding hydrogens is 370 g/mol. The fraction of sp³-hybridized carbons (Fsp3) is 0.316. The van der Waals surface area contributed by atoms with Crippen molar-refractivity contribution in [2.75, 3.05) is 7.11 Å². The fourth-order valence-electron chi connectivity index (χ4n) is 2.22. The van der Waals surface area contributed by atoms with Crippen LogP contribution in [0, 0.1) is 12.3 Å². The minimum Gasteiger partial charge on any atom is -0.484 e. The molecule has 0 spiro atoms. The maximum atomic E-state index is 6.31.